The minimum absolute atomic E-state index is 0.0175. The molecule has 9 heteroatoms. The molecule has 0 spiro atoms. The minimum Gasteiger partial charge on any atom is -0.444 e. The quantitative estimate of drug-likeness (QED) is 0.684. The first-order valence-corrected chi connectivity index (χ1v) is 9.52. The molecule has 2 aromatic rings. The van der Waals surface area contributed by atoms with Gasteiger partial charge in [-0.1, -0.05) is 0 Å². The molecule has 1 N–H and O–H groups in total. The first-order chi connectivity index (χ1) is 12.5. The molecule has 0 unspecified atom stereocenters. The summed E-state index contributed by atoms with van der Waals surface area (Å²) in [6.07, 6.45) is -0.401. The zero-order valence-corrected chi connectivity index (χ0v) is 17.3. The van der Waals surface area contributed by atoms with E-state index in [-0.39, 0.29) is 37.3 Å². The Kier molecular flexibility index (Phi) is 5.00. The molecule has 0 aliphatic carbocycles. The lowest BCUT2D eigenvalue weighted by Crippen LogP contribution is -2.46. The van der Waals surface area contributed by atoms with Crippen LogP contribution < -0.4 is 5.56 Å². The molecular formula is C18H22BrFN4O3. The Morgan fingerprint density at radius 2 is 1.93 bits per heavy atom. The monoisotopic (exact) mass is 440 g/mol. The summed E-state index contributed by atoms with van der Waals surface area (Å²) in [4.78, 5) is 37.1. The van der Waals surface area contributed by atoms with Crippen molar-refractivity contribution in [1.29, 1.82) is 0 Å². The highest BCUT2D eigenvalue weighted by Gasteiger charge is 2.41. The second-order valence-electron chi connectivity index (χ2n) is 7.81. The highest BCUT2D eigenvalue weighted by molar-refractivity contribution is 9.10. The average Bonchev–Trinajstić information content (AvgIpc) is 2.54. The number of H-pyrrole nitrogens is 1. The number of alkyl halides is 1. The fourth-order valence-corrected chi connectivity index (χ4v) is 3.57. The highest BCUT2D eigenvalue weighted by atomic mass is 79.9. The number of nitrogens with one attached hydrogen (secondary N) is 1. The SMILES string of the molecule is Cc1cc(Br)nc2c(=O)[nH]c(C3(F)CCN(C(=O)OC(C)(C)C)CC3)nc12. The predicted molar refractivity (Wildman–Crippen MR) is 102 cm³/mol. The number of aryl methyl sites for hydroxylation is 1. The molecule has 0 aromatic carbocycles. The number of halogens is 2. The maximum absolute atomic E-state index is 15.6. The summed E-state index contributed by atoms with van der Waals surface area (Å²) in [7, 11) is 0. The summed E-state index contributed by atoms with van der Waals surface area (Å²) in [5, 5.41) is 0. The molecule has 1 amide bonds. The van der Waals surface area contributed by atoms with Crippen LogP contribution in [0.1, 0.15) is 45.0 Å². The largest absolute Gasteiger partial charge is 0.444 e. The number of piperidine rings is 1. The van der Waals surface area contributed by atoms with Crippen LogP contribution in [0.4, 0.5) is 9.18 Å². The lowest BCUT2D eigenvalue weighted by Gasteiger charge is -2.36. The van der Waals surface area contributed by atoms with Gasteiger partial charge >= 0.3 is 6.09 Å². The normalized spacial score (nSPS) is 17.2. The van der Waals surface area contributed by atoms with E-state index in [1.54, 1.807) is 33.8 Å². The summed E-state index contributed by atoms with van der Waals surface area (Å²) < 4.78 is 21.4. The molecule has 1 saturated heterocycles. The van der Waals surface area contributed by atoms with Gasteiger partial charge in [-0.15, -0.1) is 0 Å². The Morgan fingerprint density at radius 3 is 2.52 bits per heavy atom. The molecule has 27 heavy (non-hydrogen) atoms. The molecule has 1 aliphatic heterocycles. The van der Waals surface area contributed by atoms with Crippen LogP contribution in [0.5, 0.6) is 0 Å². The maximum Gasteiger partial charge on any atom is 0.410 e. The Morgan fingerprint density at radius 1 is 1.30 bits per heavy atom. The van der Waals surface area contributed by atoms with Gasteiger partial charge in [0.1, 0.15) is 16.0 Å². The van der Waals surface area contributed by atoms with Crippen molar-refractivity contribution in [2.45, 2.75) is 51.8 Å². The number of pyridine rings is 1. The topological polar surface area (TPSA) is 88.2 Å². The van der Waals surface area contributed by atoms with Crippen molar-refractivity contribution in [2.24, 2.45) is 0 Å². The summed E-state index contributed by atoms with van der Waals surface area (Å²) in [6.45, 7) is 7.52. The van der Waals surface area contributed by atoms with E-state index >= 15 is 4.39 Å². The number of hydrogen-bond donors (Lipinski definition) is 1. The third-order valence-electron chi connectivity index (χ3n) is 4.45. The zero-order valence-electron chi connectivity index (χ0n) is 15.7. The van der Waals surface area contributed by atoms with E-state index < -0.39 is 22.9 Å². The Hall–Kier alpha value is -2.03. The van der Waals surface area contributed by atoms with Gasteiger partial charge in [0.25, 0.3) is 5.56 Å². The van der Waals surface area contributed by atoms with E-state index in [0.717, 1.165) is 5.56 Å². The lowest BCUT2D eigenvalue weighted by atomic mass is 9.92. The van der Waals surface area contributed by atoms with Crippen LogP contribution in [0, 0.1) is 6.92 Å². The summed E-state index contributed by atoms with van der Waals surface area (Å²) in [6, 6.07) is 1.73. The van der Waals surface area contributed by atoms with E-state index in [4.69, 9.17) is 4.74 Å². The van der Waals surface area contributed by atoms with Crippen molar-refractivity contribution in [3.8, 4) is 0 Å². The van der Waals surface area contributed by atoms with Crippen molar-refractivity contribution in [1.82, 2.24) is 19.9 Å². The molecule has 1 fully saturated rings. The van der Waals surface area contributed by atoms with Crippen molar-refractivity contribution in [3.63, 3.8) is 0 Å². The molecular weight excluding hydrogens is 419 g/mol. The zero-order chi connectivity index (χ0) is 20.0. The van der Waals surface area contributed by atoms with Crippen molar-refractivity contribution < 1.29 is 13.9 Å². The average molecular weight is 441 g/mol. The molecule has 3 heterocycles. The fourth-order valence-electron chi connectivity index (χ4n) is 3.05. The number of fused-ring (bicyclic) bond motifs is 1. The molecule has 0 atom stereocenters. The van der Waals surface area contributed by atoms with Crippen LogP contribution in [-0.2, 0) is 10.4 Å². The van der Waals surface area contributed by atoms with E-state index in [2.05, 4.69) is 30.9 Å². The standard InChI is InChI=1S/C18H22BrFN4O3/c1-10-9-11(19)21-13-12(10)22-15(23-14(13)25)18(20)5-7-24(8-6-18)16(26)27-17(2,3)4/h9H,5-8H2,1-4H3,(H,22,23,25). The first-order valence-electron chi connectivity index (χ1n) is 8.73. The molecule has 2 aromatic heterocycles. The van der Waals surface area contributed by atoms with Crippen LogP contribution in [0.25, 0.3) is 11.0 Å². The van der Waals surface area contributed by atoms with Gasteiger partial charge in [-0.05, 0) is 55.3 Å². The molecule has 3 rings (SSSR count). The van der Waals surface area contributed by atoms with Gasteiger partial charge in [-0.25, -0.2) is 19.2 Å². The maximum atomic E-state index is 15.6. The van der Waals surface area contributed by atoms with Gasteiger partial charge in [0.15, 0.2) is 11.2 Å². The number of ether oxygens (including phenoxy) is 1. The Labute approximate surface area is 164 Å². The third kappa shape index (κ3) is 4.12. The molecule has 0 saturated carbocycles. The van der Waals surface area contributed by atoms with Crippen molar-refractivity contribution in [2.75, 3.05) is 13.1 Å². The van der Waals surface area contributed by atoms with Crippen LogP contribution in [0.2, 0.25) is 0 Å². The van der Waals surface area contributed by atoms with E-state index in [9.17, 15) is 9.59 Å². The van der Waals surface area contributed by atoms with Gasteiger partial charge in [-0.2, -0.15) is 0 Å². The smallest absolute Gasteiger partial charge is 0.410 e. The summed E-state index contributed by atoms with van der Waals surface area (Å²) in [5.41, 5.74) is -1.62. The highest BCUT2D eigenvalue weighted by Crippen LogP contribution is 2.35. The van der Waals surface area contributed by atoms with E-state index in [1.807, 2.05) is 0 Å². The minimum atomic E-state index is -1.81. The fraction of sp³-hybridized carbons (Fsp3) is 0.556. The molecule has 146 valence electrons. The van der Waals surface area contributed by atoms with Crippen molar-refractivity contribution >= 4 is 33.1 Å². The number of aromatic nitrogens is 3. The summed E-state index contributed by atoms with van der Waals surface area (Å²) in [5.74, 6) is -0.0175. The van der Waals surface area contributed by atoms with Gasteiger partial charge in [0.05, 0.1) is 5.52 Å². The Bertz CT molecular complexity index is 946. The second-order valence-corrected chi connectivity index (χ2v) is 8.62. The Balaban J connectivity index is 1.85. The number of hydrogen-bond acceptors (Lipinski definition) is 5. The number of aromatic amines is 1. The van der Waals surface area contributed by atoms with Gasteiger partial charge in [0.2, 0.25) is 0 Å². The van der Waals surface area contributed by atoms with Gasteiger partial charge < -0.3 is 14.6 Å². The molecule has 1 aliphatic rings. The molecule has 0 bridgehead atoms. The predicted octanol–water partition coefficient (Wildman–Crippen LogP) is 3.58. The number of carbonyl (C=O) groups excluding carboxylic acids is 1. The van der Waals surface area contributed by atoms with E-state index in [0.29, 0.717) is 10.1 Å². The van der Waals surface area contributed by atoms with Crippen LogP contribution in [-0.4, -0.2) is 44.6 Å². The molecule has 7 nitrogen and oxygen atoms in total. The number of carbonyl (C=O) groups is 1. The lowest BCUT2D eigenvalue weighted by molar-refractivity contribution is 0.000201. The second kappa shape index (κ2) is 6.85. The van der Waals surface area contributed by atoms with E-state index in [1.165, 1.54) is 4.90 Å². The van der Waals surface area contributed by atoms with Crippen molar-refractivity contribution in [3.05, 3.63) is 32.4 Å². The first kappa shape index (κ1) is 19.7. The number of amides is 1. The summed E-state index contributed by atoms with van der Waals surface area (Å²) >= 11 is 3.25. The van der Waals surface area contributed by atoms with Crippen LogP contribution in [0.15, 0.2) is 15.5 Å². The number of nitrogens with zero attached hydrogens (tertiary/aromatic N) is 3. The molecule has 0 radical (unpaired) electrons. The van der Waals surface area contributed by atoms with Crippen LogP contribution in [0.3, 0.4) is 0 Å². The van der Waals surface area contributed by atoms with Gasteiger partial charge in [0, 0.05) is 25.9 Å². The number of likely N-dealkylation sites (tertiary alicyclic amines) is 1. The third-order valence-corrected chi connectivity index (χ3v) is 4.86. The van der Waals surface area contributed by atoms with Gasteiger partial charge in [-0.3, -0.25) is 4.79 Å². The van der Waals surface area contributed by atoms with Crippen LogP contribution >= 0.6 is 15.9 Å². The number of rotatable bonds is 1.